The first kappa shape index (κ1) is 42.6. The number of benzene rings is 2. The van der Waals surface area contributed by atoms with Crippen molar-refractivity contribution < 1.29 is 14.7 Å². The number of carbonyl (C=O) groups is 2. The van der Waals surface area contributed by atoms with Gasteiger partial charge in [0.2, 0.25) is 5.91 Å². The summed E-state index contributed by atoms with van der Waals surface area (Å²) in [5, 5.41) is 26.5. The number of hydrogen-bond donors (Lipinski definition) is 3. The van der Waals surface area contributed by atoms with Crippen molar-refractivity contribution in [1.29, 1.82) is 0 Å². The molecule has 3 N–H and O–H groups in total. The van der Waals surface area contributed by atoms with Crippen molar-refractivity contribution in [3.8, 4) is 0 Å². The molecule has 3 aliphatic rings. The highest BCUT2D eigenvalue weighted by molar-refractivity contribution is 7.19. The third-order valence-corrected chi connectivity index (χ3v) is 16.4. The van der Waals surface area contributed by atoms with Crippen LogP contribution in [0.15, 0.2) is 49.1 Å². The Balaban J connectivity index is 0.000000162. The number of piperidine rings is 1. The number of thiophene rings is 2. The molecule has 330 valence electrons. The summed E-state index contributed by atoms with van der Waals surface area (Å²) in [6, 6.07) is 12.5. The smallest absolute Gasteiger partial charge is 0.306 e. The minimum atomic E-state index is -0.719. The molecule has 0 saturated carbocycles. The van der Waals surface area contributed by atoms with E-state index >= 15 is 0 Å². The monoisotopic (exact) mass is 933 g/mol. The maximum Gasteiger partial charge on any atom is 0.306 e. The number of anilines is 4. The van der Waals surface area contributed by atoms with Crippen molar-refractivity contribution in [2.75, 3.05) is 58.0 Å². The van der Waals surface area contributed by atoms with Gasteiger partial charge in [0.25, 0.3) is 0 Å². The fourth-order valence-electron chi connectivity index (χ4n) is 9.14. The van der Waals surface area contributed by atoms with E-state index in [9.17, 15) is 14.7 Å². The molecule has 20 heteroatoms. The second-order valence-electron chi connectivity index (χ2n) is 17.0. The number of aryl methyl sites for hydroxylation is 2. The van der Waals surface area contributed by atoms with E-state index in [4.69, 9.17) is 0 Å². The summed E-state index contributed by atoms with van der Waals surface area (Å²) in [5.74, 6) is 0.959. The second-order valence-corrected chi connectivity index (χ2v) is 20.8. The molecule has 1 fully saturated rings. The zero-order chi connectivity index (χ0) is 43.9. The summed E-state index contributed by atoms with van der Waals surface area (Å²) in [7, 11) is 6.45. The number of aromatic nitrogens is 8. The van der Waals surface area contributed by atoms with E-state index in [1.807, 2.05) is 30.3 Å². The normalized spacial score (nSPS) is 17.8. The van der Waals surface area contributed by atoms with E-state index < -0.39 is 5.97 Å². The molecule has 7 heterocycles. The Morgan fingerprint density at radius 3 is 1.78 bits per heavy atom. The molecule has 0 radical (unpaired) electrons. The largest absolute Gasteiger partial charge is 0.481 e. The second kappa shape index (κ2) is 18.2. The summed E-state index contributed by atoms with van der Waals surface area (Å²) >= 11 is 6.04. The Labute approximate surface area is 385 Å². The molecular formula is C44H47N13O3S4. The van der Waals surface area contributed by atoms with E-state index in [2.05, 4.69) is 91.7 Å². The number of nitrogens with one attached hydrogen (secondary N) is 2. The number of likely N-dealkylation sites (tertiary alicyclic amines) is 1. The highest BCUT2D eigenvalue weighted by atomic mass is 32.1. The molecule has 16 nitrogen and oxygen atoms in total. The number of likely N-dealkylation sites (N-methyl/N-ethyl adjacent to an activating group) is 2. The van der Waals surface area contributed by atoms with Crippen LogP contribution in [0.1, 0.15) is 46.6 Å². The van der Waals surface area contributed by atoms with Gasteiger partial charge in [-0.3, -0.25) is 9.59 Å². The number of carboxylic acid groups (broad SMARTS) is 1. The van der Waals surface area contributed by atoms with Crippen LogP contribution in [-0.4, -0.2) is 124 Å². The van der Waals surface area contributed by atoms with Crippen molar-refractivity contribution in [3.05, 3.63) is 69.9 Å². The number of fused-ring (bicyclic) bond motifs is 8. The van der Waals surface area contributed by atoms with Crippen LogP contribution in [0, 0.1) is 11.8 Å². The SMILES string of the molecule is CN(C)CCN(C)C1CCN(C(=O)[C@H]2CCc3c(sc4ncnc(Nc5ccc6nnsc6c5)c34)C2)CC1.O=C(O)[C@H]1CCc2c(sc3ncnc(Nc4ccc5nnsc5c4)c23)C1. The average molecular weight is 934 g/mol. The van der Waals surface area contributed by atoms with Gasteiger partial charge in [0.1, 0.15) is 45.0 Å². The number of aliphatic carboxylic acids is 1. The lowest BCUT2D eigenvalue weighted by Crippen LogP contribution is -2.48. The number of nitrogens with zero attached hydrogens (tertiary/aromatic N) is 11. The molecular weight excluding hydrogens is 887 g/mol. The standard InChI is InChI=1S/C27H34N8OS2.C17H13N5O2S2/c1-33(2)12-13-34(3)19-8-10-35(11-9-19)27(36)17-4-6-20-22(14-17)37-26-24(20)25(28-16-29-26)30-18-5-7-21-23(15-18)38-32-31-21;23-17(24)8-1-3-10-12(5-8)25-16-14(10)15(18-7-19-16)20-9-2-4-11-13(6-9)26-22-21-11/h5,7,15-17,19H,4,6,8-14H2,1-3H3,(H,28,29,30);2,4,6-8H,1,3,5H2,(H,23,24)(H,18,19,20)/t17-;8-/m00/s1. The van der Waals surface area contributed by atoms with Gasteiger partial charge in [-0.05, 0) is 143 Å². The van der Waals surface area contributed by atoms with Gasteiger partial charge < -0.3 is 30.4 Å². The van der Waals surface area contributed by atoms with Crippen molar-refractivity contribution >= 4 is 121 Å². The number of hydrogen-bond acceptors (Lipinski definition) is 18. The number of rotatable bonds is 10. The lowest BCUT2D eigenvalue weighted by molar-refractivity contribution is -0.142. The van der Waals surface area contributed by atoms with Crippen LogP contribution in [0.3, 0.4) is 0 Å². The van der Waals surface area contributed by atoms with Gasteiger partial charge in [-0.2, -0.15) is 0 Å². The topological polar surface area (TPSA) is 191 Å². The zero-order valence-electron chi connectivity index (χ0n) is 35.7. The minimum Gasteiger partial charge on any atom is -0.481 e. The van der Waals surface area contributed by atoms with Gasteiger partial charge in [0, 0.05) is 59.3 Å². The number of carbonyl (C=O) groups excluding carboxylic acids is 1. The predicted octanol–water partition coefficient (Wildman–Crippen LogP) is 7.66. The molecule has 6 aromatic heterocycles. The maximum absolute atomic E-state index is 13.5. The molecule has 1 amide bonds. The van der Waals surface area contributed by atoms with Crippen LogP contribution in [0.4, 0.5) is 23.0 Å². The molecule has 1 aliphatic heterocycles. The Bertz CT molecular complexity index is 2990. The van der Waals surface area contributed by atoms with Crippen LogP contribution in [0.25, 0.3) is 40.9 Å². The maximum atomic E-state index is 13.5. The molecule has 8 aromatic rings. The first-order chi connectivity index (χ1) is 31.1. The molecule has 1 saturated heterocycles. The summed E-state index contributed by atoms with van der Waals surface area (Å²) in [4.78, 5) is 54.0. The molecule has 0 bridgehead atoms. The highest BCUT2D eigenvalue weighted by Gasteiger charge is 2.34. The van der Waals surface area contributed by atoms with E-state index in [0.717, 1.165) is 133 Å². The third kappa shape index (κ3) is 8.73. The van der Waals surface area contributed by atoms with Crippen molar-refractivity contribution in [2.45, 2.75) is 57.4 Å². The Kier molecular flexibility index (Phi) is 12.1. The van der Waals surface area contributed by atoms with Crippen LogP contribution in [-0.2, 0) is 35.3 Å². The Morgan fingerprint density at radius 2 is 1.25 bits per heavy atom. The van der Waals surface area contributed by atoms with Gasteiger partial charge >= 0.3 is 5.97 Å². The predicted molar refractivity (Wildman–Crippen MR) is 256 cm³/mol. The molecule has 11 rings (SSSR count). The molecule has 0 spiro atoms. The number of amides is 1. The van der Waals surface area contributed by atoms with E-state index in [0.29, 0.717) is 24.8 Å². The summed E-state index contributed by atoms with van der Waals surface area (Å²) in [6.45, 7) is 3.87. The lowest BCUT2D eigenvalue weighted by atomic mass is 9.86. The van der Waals surface area contributed by atoms with Crippen molar-refractivity contribution in [3.63, 3.8) is 0 Å². The first-order valence-corrected chi connectivity index (χ1v) is 24.7. The van der Waals surface area contributed by atoms with Crippen LogP contribution >= 0.6 is 45.7 Å². The van der Waals surface area contributed by atoms with Crippen LogP contribution in [0.5, 0.6) is 0 Å². The fourth-order valence-corrected chi connectivity index (χ4v) is 12.9. The Hall–Kier alpha value is -5.38. The average Bonchev–Trinajstić information content (AvgIpc) is 4.12. The molecule has 2 aliphatic carbocycles. The lowest BCUT2D eigenvalue weighted by Gasteiger charge is -2.38. The summed E-state index contributed by atoms with van der Waals surface area (Å²) < 4.78 is 10.0. The highest BCUT2D eigenvalue weighted by Crippen LogP contribution is 2.42. The van der Waals surface area contributed by atoms with Gasteiger partial charge in [0.05, 0.1) is 26.1 Å². The van der Waals surface area contributed by atoms with Crippen molar-refractivity contribution in [2.24, 2.45) is 11.8 Å². The first-order valence-electron chi connectivity index (χ1n) is 21.5. The quantitative estimate of drug-likeness (QED) is 0.121. The van der Waals surface area contributed by atoms with Gasteiger partial charge in [-0.1, -0.05) is 8.98 Å². The van der Waals surface area contributed by atoms with Crippen LogP contribution < -0.4 is 10.6 Å². The van der Waals surface area contributed by atoms with Crippen LogP contribution in [0.2, 0.25) is 0 Å². The third-order valence-electron chi connectivity index (χ3n) is 12.7. The number of carboxylic acids is 1. The van der Waals surface area contributed by atoms with E-state index in [1.54, 1.807) is 35.3 Å². The Morgan fingerprint density at radius 1 is 0.719 bits per heavy atom. The summed E-state index contributed by atoms with van der Waals surface area (Å²) in [5.41, 5.74) is 6.15. The van der Waals surface area contributed by atoms with E-state index in [-0.39, 0.29) is 11.8 Å². The molecule has 0 unspecified atom stereocenters. The molecule has 64 heavy (non-hydrogen) atoms. The zero-order valence-corrected chi connectivity index (χ0v) is 38.9. The van der Waals surface area contributed by atoms with Gasteiger partial charge in [-0.15, -0.1) is 32.9 Å². The molecule has 2 aromatic carbocycles. The fraction of sp³-hybridized carbons (Fsp3) is 0.409. The minimum absolute atomic E-state index is 0.0594. The van der Waals surface area contributed by atoms with Crippen molar-refractivity contribution in [1.82, 2.24) is 53.8 Å². The summed E-state index contributed by atoms with van der Waals surface area (Å²) in [6.07, 6.45) is 9.83. The molecule has 2 atom stereocenters. The van der Waals surface area contributed by atoms with E-state index in [1.165, 1.54) is 39.1 Å². The van der Waals surface area contributed by atoms with Gasteiger partial charge in [0.15, 0.2) is 0 Å². The van der Waals surface area contributed by atoms with Gasteiger partial charge in [-0.25, -0.2) is 19.9 Å².